The molecule has 0 aromatic rings. The SMILES string of the molecule is CCCCCO[C@H]1C[C@@]2(C)[C@@H](CC[C@@H]3[C@@H]2[C@H](N)C[C@]2(C)[C@@H](C(=O)OC)CC[C@@H]32)C[C@@H]1O. The molecule has 4 aliphatic rings. The summed E-state index contributed by atoms with van der Waals surface area (Å²) >= 11 is 0. The van der Waals surface area contributed by atoms with Gasteiger partial charge in [0.05, 0.1) is 25.2 Å². The van der Waals surface area contributed by atoms with E-state index in [-0.39, 0.29) is 41.0 Å². The Labute approximate surface area is 188 Å². The summed E-state index contributed by atoms with van der Waals surface area (Å²) in [5, 5.41) is 10.8. The topological polar surface area (TPSA) is 81.8 Å². The van der Waals surface area contributed by atoms with E-state index in [1.165, 1.54) is 32.8 Å². The lowest BCUT2D eigenvalue weighted by Crippen LogP contribution is -2.63. The van der Waals surface area contributed by atoms with Crippen molar-refractivity contribution in [2.75, 3.05) is 13.7 Å². The number of nitrogens with two attached hydrogens (primary N) is 1. The van der Waals surface area contributed by atoms with Gasteiger partial charge >= 0.3 is 5.97 Å². The van der Waals surface area contributed by atoms with Gasteiger partial charge in [-0.05, 0) is 85.9 Å². The molecule has 10 atom stereocenters. The fourth-order valence-electron chi connectivity index (χ4n) is 8.81. The van der Waals surface area contributed by atoms with Gasteiger partial charge in [-0.2, -0.15) is 0 Å². The number of esters is 1. The van der Waals surface area contributed by atoms with E-state index in [4.69, 9.17) is 15.2 Å². The van der Waals surface area contributed by atoms with Crippen LogP contribution in [0.25, 0.3) is 0 Å². The molecule has 0 heterocycles. The molecule has 0 unspecified atom stereocenters. The summed E-state index contributed by atoms with van der Waals surface area (Å²) in [5.74, 6) is 2.04. The summed E-state index contributed by atoms with van der Waals surface area (Å²) in [6.45, 7) is 7.70. The van der Waals surface area contributed by atoms with Crippen molar-refractivity contribution < 1.29 is 19.4 Å². The van der Waals surface area contributed by atoms with Crippen molar-refractivity contribution in [2.24, 2.45) is 46.2 Å². The van der Waals surface area contributed by atoms with Crippen LogP contribution < -0.4 is 5.73 Å². The molecule has 5 heteroatoms. The largest absolute Gasteiger partial charge is 0.469 e. The highest BCUT2D eigenvalue weighted by Gasteiger charge is 2.64. The maximum Gasteiger partial charge on any atom is 0.309 e. The number of hydrogen-bond acceptors (Lipinski definition) is 5. The lowest BCUT2D eigenvalue weighted by atomic mass is 9.43. The highest BCUT2D eigenvalue weighted by atomic mass is 16.5. The summed E-state index contributed by atoms with van der Waals surface area (Å²) in [6.07, 6.45) is 10.1. The summed E-state index contributed by atoms with van der Waals surface area (Å²) in [5.41, 5.74) is 7.06. The highest BCUT2D eigenvalue weighted by Crippen LogP contribution is 2.67. The number of aliphatic hydroxyl groups excluding tert-OH is 1. The molecule has 5 nitrogen and oxygen atoms in total. The minimum atomic E-state index is -0.350. The smallest absolute Gasteiger partial charge is 0.309 e. The fourth-order valence-corrected chi connectivity index (χ4v) is 8.81. The Kier molecular flexibility index (Phi) is 6.78. The number of hydrogen-bond donors (Lipinski definition) is 2. The second-order valence-corrected chi connectivity index (χ2v) is 11.7. The Bertz CT molecular complexity index is 655. The predicted octanol–water partition coefficient (Wildman–Crippen LogP) is 4.30. The molecule has 4 fully saturated rings. The number of carbonyl (C=O) groups is 1. The van der Waals surface area contributed by atoms with Gasteiger partial charge in [0.15, 0.2) is 0 Å². The Balaban J connectivity index is 1.55. The molecule has 0 aliphatic heterocycles. The van der Waals surface area contributed by atoms with Crippen LogP contribution in [0.2, 0.25) is 0 Å². The van der Waals surface area contributed by atoms with E-state index in [0.29, 0.717) is 23.7 Å². The van der Waals surface area contributed by atoms with Crippen LogP contribution in [0.4, 0.5) is 0 Å². The molecule has 0 amide bonds. The minimum absolute atomic E-state index is 0.0112. The van der Waals surface area contributed by atoms with Crippen molar-refractivity contribution in [2.45, 2.75) is 103 Å². The number of unbranched alkanes of at least 4 members (excludes halogenated alkanes) is 2. The lowest BCUT2D eigenvalue weighted by Gasteiger charge is -2.63. The first-order chi connectivity index (χ1) is 14.8. The van der Waals surface area contributed by atoms with Crippen LogP contribution in [0.1, 0.15) is 85.0 Å². The summed E-state index contributed by atoms with van der Waals surface area (Å²) in [7, 11) is 1.52. The van der Waals surface area contributed by atoms with Gasteiger partial charge in [-0.15, -0.1) is 0 Å². The molecule has 3 N–H and O–H groups in total. The maximum atomic E-state index is 12.6. The Hall–Kier alpha value is -0.650. The Morgan fingerprint density at radius 1 is 1.10 bits per heavy atom. The first kappa shape index (κ1) is 23.5. The standard InChI is InChI=1S/C26H45NO4/c1-5-6-7-12-31-22-15-25(2)16(13-21(22)28)8-9-17-18-10-11-19(24(29)30-4)26(18,3)14-20(27)23(17)25/h16-23,28H,5-15,27H2,1-4H3/t16-,17-,18-,19+,20+,21-,22-,23+,25-,26-/m0/s1. The number of carbonyl (C=O) groups excluding carboxylic acids is 1. The van der Waals surface area contributed by atoms with Crippen LogP contribution in [0.3, 0.4) is 0 Å². The van der Waals surface area contributed by atoms with Crippen LogP contribution in [-0.4, -0.2) is 43.0 Å². The fraction of sp³-hybridized carbons (Fsp3) is 0.962. The van der Waals surface area contributed by atoms with Crippen molar-refractivity contribution in [3.05, 3.63) is 0 Å². The molecule has 0 aromatic heterocycles. The quantitative estimate of drug-likeness (QED) is 0.480. The summed E-state index contributed by atoms with van der Waals surface area (Å²) in [4.78, 5) is 12.6. The number of methoxy groups -OCH3 is 1. The van der Waals surface area contributed by atoms with Crippen LogP contribution in [0, 0.1) is 40.4 Å². The summed E-state index contributed by atoms with van der Waals surface area (Å²) < 4.78 is 11.4. The number of ether oxygens (including phenoxy) is 2. The summed E-state index contributed by atoms with van der Waals surface area (Å²) in [6, 6.07) is 0.0975. The molecule has 0 radical (unpaired) electrons. The molecule has 0 spiro atoms. The highest BCUT2D eigenvalue weighted by molar-refractivity contribution is 5.74. The monoisotopic (exact) mass is 435 g/mol. The van der Waals surface area contributed by atoms with Gasteiger partial charge in [-0.25, -0.2) is 0 Å². The Morgan fingerprint density at radius 2 is 1.87 bits per heavy atom. The van der Waals surface area contributed by atoms with E-state index in [1.54, 1.807) is 0 Å². The van der Waals surface area contributed by atoms with E-state index < -0.39 is 0 Å². The predicted molar refractivity (Wildman–Crippen MR) is 121 cm³/mol. The molecule has 31 heavy (non-hydrogen) atoms. The third-order valence-corrected chi connectivity index (χ3v) is 10.2. The van der Waals surface area contributed by atoms with Gasteiger partial charge in [0.25, 0.3) is 0 Å². The average molecular weight is 436 g/mol. The van der Waals surface area contributed by atoms with Crippen molar-refractivity contribution in [3.63, 3.8) is 0 Å². The molecular formula is C26H45NO4. The maximum absolute atomic E-state index is 12.6. The van der Waals surface area contributed by atoms with E-state index in [9.17, 15) is 9.90 Å². The zero-order valence-corrected chi connectivity index (χ0v) is 20.1. The molecule has 178 valence electrons. The van der Waals surface area contributed by atoms with Gasteiger partial charge in [-0.1, -0.05) is 33.6 Å². The van der Waals surface area contributed by atoms with Gasteiger partial charge in [0, 0.05) is 12.6 Å². The van der Waals surface area contributed by atoms with Crippen LogP contribution in [0.15, 0.2) is 0 Å². The van der Waals surface area contributed by atoms with Crippen molar-refractivity contribution in [1.82, 2.24) is 0 Å². The van der Waals surface area contributed by atoms with Crippen molar-refractivity contribution >= 4 is 5.97 Å². The molecule has 4 aliphatic carbocycles. The first-order valence-corrected chi connectivity index (χ1v) is 12.9. The van der Waals surface area contributed by atoms with Crippen molar-refractivity contribution in [3.8, 4) is 0 Å². The average Bonchev–Trinajstić information content (AvgIpc) is 3.07. The molecule has 4 saturated carbocycles. The van der Waals surface area contributed by atoms with Crippen LogP contribution in [0.5, 0.6) is 0 Å². The molecule has 0 bridgehead atoms. The van der Waals surface area contributed by atoms with E-state index >= 15 is 0 Å². The molecule has 0 saturated heterocycles. The van der Waals surface area contributed by atoms with Crippen LogP contribution in [-0.2, 0) is 14.3 Å². The third kappa shape index (κ3) is 3.87. The van der Waals surface area contributed by atoms with Crippen LogP contribution >= 0.6 is 0 Å². The van der Waals surface area contributed by atoms with Gasteiger partial charge < -0.3 is 20.3 Å². The zero-order chi connectivity index (χ0) is 22.4. The first-order valence-electron chi connectivity index (χ1n) is 12.9. The minimum Gasteiger partial charge on any atom is -0.469 e. The molecule has 0 aromatic carbocycles. The van der Waals surface area contributed by atoms with Gasteiger partial charge in [-0.3, -0.25) is 4.79 Å². The van der Waals surface area contributed by atoms with Gasteiger partial charge in [0.2, 0.25) is 0 Å². The normalized spacial score (nSPS) is 49.1. The van der Waals surface area contributed by atoms with E-state index in [2.05, 4.69) is 20.8 Å². The lowest BCUT2D eigenvalue weighted by molar-refractivity contribution is -0.180. The number of aliphatic hydroxyl groups is 1. The number of rotatable bonds is 6. The molecular weight excluding hydrogens is 390 g/mol. The van der Waals surface area contributed by atoms with E-state index in [0.717, 1.165) is 45.1 Å². The second-order valence-electron chi connectivity index (χ2n) is 11.7. The third-order valence-electron chi connectivity index (χ3n) is 10.2. The number of fused-ring (bicyclic) bond motifs is 5. The second kappa shape index (κ2) is 8.95. The van der Waals surface area contributed by atoms with Crippen molar-refractivity contribution in [1.29, 1.82) is 0 Å². The molecule has 4 rings (SSSR count). The van der Waals surface area contributed by atoms with E-state index in [1.807, 2.05) is 0 Å². The Morgan fingerprint density at radius 3 is 2.58 bits per heavy atom. The zero-order valence-electron chi connectivity index (χ0n) is 20.1. The van der Waals surface area contributed by atoms with Gasteiger partial charge in [0.1, 0.15) is 0 Å².